The predicted octanol–water partition coefficient (Wildman–Crippen LogP) is 4.96. The minimum absolute atomic E-state index is 0.300. The van der Waals surface area contributed by atoms with Crippen LogP contribution in [-0.4, -0.2) is 52.7 Å². The molecule has 1 aliphatic heterocycles. The van der Waals surface area contributed by atoms with Crippen LogP contribution in [-0.2, 0) is 14.3 Å². The summed E-state index contributed by atoms with van der Waals surface area (Å²) in [5.41, 5.74) is 6.41. The summed E-state index contributed by atoms with van der Waals surface area (Å²) in [6.45, 7) is 6.06. The molecule has 2 aromatic carbocycles. The molecule has 2 aromatic rings. The summed E-state index contributed by atoms with van der Waals surface area (Å²) in [6.07, 6.45) is 4.50. The SMILES string of the molecule is CC(C)(C)OC(=O)NC(CC(=O)N1CCC(=C2c3ccccc3C=Cc3ccccc32)CC1)C(=O)O. The van der Waals surface area contributed by atoms with Gasteiger partial charge >= 0.3 is 12.1 Å². The van der Waals surface area contributed by atoms with E-state index in [0.29, 0.717) is 25.9 Å². The number of ether oxygens (including phenoxy) is 1. The fourth-order valence-electron chi connectivity index (χ4n) is 4.68. The number of fused-ring (bicyclic) bond motifs is 2. The second kappa shape index (κ2) is 10.4. The van der Waals surface area contributed by atoms with Gasteiger partial charge in [0.15, 0.2) is 0 Å². The Hall–Kier alpha value is -3.87. The van der Waals surface area contributed by atoms with Crippen molar-refractivity contribution >= 4 is 35.7 Å². The van der Waals surface area contributed by atoms with Crippen molar-refractivity contribution in [2.24, 2.45) is 0 Å². The van der Waals surface area contributed by atoms with Gasteiger partial charge in [-0.3, -0.25) is 4.79 Å². The number of benzene rings is 2. The number of carboxylic acid groups (broad SMARTS) is 1. The fourth-order valence-corrected chi connectivity index (χ4v) is 4.68. The van der Waals surface area contributed by atoms with Crippen molar-refractivity contribution in [2.45, 2.75) is 51.7 Å². The second-order valence-electron chi connectivity index (χ2n) is 10.1. The number of carboxylic acids is 1. The van der Waals surface area contributed by atoms with E-state index in [1.165, 1.54) is 22.3 Å². The molecule has 1 atom stereocenters. The minimum atomic E-state index is -1.35. The first-order valence-corrected chi connectivity index (χ1v) is 12.2. The lowest BCUT2D eigenvalue weighted by Crippen LogP contribution is -2.47. The Kier molecular flexibility index (Phi) is 7.29. The molecule has 1 aliphatic carbocycles. The highest BCUT2D eigenvalue weighted by Gasteiger charge is 2.30. The van der Waals surface area contributed by atoms with Gasteiger partial charge in [-0.15, -0.1) is 0 Å². The molecule has 0 spiro atoms. The first kappa shape index (κ1) is 25.2. The molecule has 1 saturated heterocycles. The molecule has 2 aliphatic rings. The van der Waals surface area contributed by atoms with E-state index in [1.807, 2.05) is 24.3 Å². The number of carbonyl (C=O) groups is 3. The van der Waals surface area contributed by atoms with E-state index in [-0.39, 0.29) is 12.3 Å². The van der Waals surface area contributed by atoms with Crippen molar-refractivity contribution in [3.8, 4) is 0 Å². The average Bonchev–Trinajstić information content (AvgIpc) is 2.99. The van der Waals surface area contributed by atoms with E-state index in [1.54, 1.807) is 25.7 Å². The average molecular weight is 489 g/mol. The molecule has 0 radical (unpaired) electrons. The van der Waals surface area contributed by atoms with Crippen LogP contribution in [0.5, 0.6) is 0 Å². The lowest BCUT2D eigenvalue weighted by Gasteiger charge is -2.31. The van der Waals surface area contributed by atoms with Crippen LogP contribution in [0.1, 0.15) is 62.3 Å². The van der Waals surface area contributed by atoms with E-state index < -0.39 is 23.7 Å². The highest BCUT2D eigenvalue weighted by Crippen LogP contribution is 2.38. The number of aliphatic carboxylic acids is 1. The van der Waals surface area contributed by atoms with Crippen LogP contribution in [0.2, 0.25) is 0 Å². The third-order valence-corrected chi connectivity index (χ3v) is 6.34. The van der Waals surface area contributed by atoms with Gasteiger partial charge in [-0.05, 0) is 61.4 Å². The number of nitrogens with one attached hydrogen (secondary N) is 1. The van der Waals surface area contributed by atoms with Gasteiger partial charge in [0.05, 0.1) is 6.42 Å². The summed E-state index contributed by atoms with van der Waals surface area (Å²) in [5.74, 6) is -1.57. The molecule has 188 valence electrons. The Morgan fingerprint density at radius 3 is 1.97 bits per heavy atom. The molecule has 0 bridgehead atoms. The van der Waals surface area contributed by atoms with Crippen LogP contribution in [0.4, 0.5) is 4.79 Å². The number of alkyl carbamates (subject to hydrolysis) is 1. The Morgan fingerprint density at radius 1 is 0.944 bits per heavy atom. The normalized spacial score (nSPS) is 15.9. The lowest BCUT2D eigenvalue weighted by molar-refractivity contribution is -0.143. The van der Waals surface area contributed by atoms with Crippen LogP contribution in [0.15, 0.2) is 54.1 Å². The quantitative estimate of drug-likeness (QED) is 0.541. The topological polar surface area (TPSA) is 95.9 Å². The van der Waals surface area contributed by atoms with E-state index in [0.717, 1.165) is 11.1 Å². The van der Waals surface area contributed by atoms with E-state index in [4.69, 9.17) is 4.74 Å². The number of likely N-dealkylation sites (tertiary alicyclic amines) is 1. The van der Waals surface area contributed by atoms with Crippen molar-refractivity contribution in [3.63, 3.8) is 0 Å². The maximum atomic E-state index is 13.0. The largest absolute Gasteiger partial charge is 0.480 e. The number of hydrogen-bond donors (Lipinski definition) is 2. The van der Waals surface area contributed by atoms with Crippen molar-refractivity contribution < 1.29 is 24.2 Å². The van der Waals surface area contributed by atoms with E-state index >= 15 is 0 Å². The number of piperidine rings is 1. The molecular weight excluding hydrogens is 456 g/mol. The highest BCUT2D eigenvalue weighted by molar-refractivity contribution is 5.95. The van der Waals surface area contributed by atoms with Gasteiger partial charge in [0.2, 0.25) is 5.91 Å². The van der Waals surface area contributed by atoms with Gasteiger partial charge in [0.25, 0.3) is 0 Å². The molecule has 0 aromatic heterocycles. The van der Waals surface area contributed by atoms with Gasteiger partial charge in [0, 0.05) is 13.1 Å². The van der Waals surface area contributed by atoms with Gasteiger partial charge in [-0.1, -0.05) is 66.3 Å². The van der Waals surface area contributed by atoms with Gasteiger partial charge in [-0.25, -0.2) is 9.59 Å². The Balaban J connectivity index is 1.50. The molecule has 2 N–H and O–H groups in total. The molecule has 36 heavy (non-hydrogen) atoms. The smallest absolute Gasteiger partial charge is 0.408 e. The summed E-state index contributed by atoms with van der Waals surface area (Å²) >= 11 is 0. The van der Waals surface area contributed by atoms with Crippen LogP contribution in [0, 0.1) is 0 Å². The number of amides is 2. The van der Waals surface area contributed by atoms with Crippen molar-refractivity contribution in [3.05, 3.63) is 76.4 Å². The molecule has 2 amide bonds. The third kappa shape index (κ3) is 5.85. The summed E-state index contributed by atoms with van der Waals surface area (Å²) in [5, 5.41) is 11.8. The Bertz CT molecular complexity index is 1180. The monoisotopic (exact) mass is 488 g/mol. The molecule has 7 heteroatoms. The Labute approximate surface area is 211 Å². The van der Waals surface area contributed by atoms with Crippen LogP contribution in [0.25, 0.3) is 17.7 Å². The molecule has 7 nitrogen and oxygen atoms in total. The number of hydrogen-bond acceptors (Lipinski definition) is 4. The van der Waals surface area contributed by atoms with Crippen LogP contribution >= 0.6 is 0 Å². The van der Waals surface area contributed by atoms with Crippen molar-refractivity contribution in [1.29, 1.82) is 0 Å². The highest BCUT2D eigenvalue weighted by atomic mass is 16.6. The first-order valence-electron chi connectivity index (χ1n) is 12.2. The zero-order valence-electron chi connectivity index (χ0n) is 20.9. The molecule has 1 fully saturated rings. The predicted molar refractivity (Wildman–Crippen MR) is 139 cm³/mol. The lowest BCUT2D eigenvalue weighted by atomic mass is 9.86. The van der Waals surface area contributed by atoms with Crippen LogP contribution in [0.3, 0.4) is 0 Å². The van der Waals surface area contributed by atoms with Crippen LogP contribution < -0.4 is 5.32 Å². The number of rotatable bonds is 4. The number of carbonyl (C=O) groups excluding carboxylic acids is 2. The van der Waals surface area contributed by atoms with Gasteiger partial charge < -0.3 is 20.1 Å². The van der Waals surface area contributed by atoms with E-state index in [9.17, 15) is 19.5 Å². The zero-order valence-corrected chi connectivity index (χ0v) is 20.9. The van der Waals surface area contributed by atoms with E-state index in [2.05, 4.69) is 41.7 Å². The molecule has 4 rings (SSSR count). The summed E-state index contributed by atoms with van der Waals surface area (Å²) < 4.78 is 5.14. The third-order valence-electron chi connectivity index (χ3n) is 6.34. The Morgan fingerprint density at radius 2 is 1.47 bits per heavy atom. The summed E-state index contributed by atoms with van der Waals surface area (Å²) in [7, 11) is 0. The second-order valence-corrected chi connectivity index (χ2v) is 10.1. The minimum Gasteiger partial charge on any atom is -0.480 e. The van der Waals surface area contributed by atoms with Gasteiger partial charge in [-0.2, -0.15) is 0 Å². The molecule has 1 heterocycles. The van der Waals surface area contributed by atoms with Crippen molar-refractivity contribution in [1.82, 2.24) is 10.2 Å². The number of nitrogens with zero attached hydrogens (tertiary/aromatic N) is 1. The maximum Gasteiger partial charge on any atom is 0.408 e. The standard InChI is InChI=1S/C29H32N2O5/c1-29(2,3)36-28(35)30-24(27(33)34)18-25(32)31-16-14-21(15-17-31)26-22-10-6-4-8-19(22)12-13-20-9-5-7-11-23(20)26/h4-13,24H,14-18H2,1-3H3,(H,30,35)(H,33,34). The molecular formula is C29H32N2O5. The molecule has 1 unspecified atom stereocenters. The first-order chi connectivity index (χ1) is 17.1. The summed E-state index contributed by atoms with van der Waals surface area (Å²) in [4.78, 5) is 38.4. The zero-order chi connectivity index (χ0) is 25.9. The summed E-state index contributed by atoms with van der Waals surface area (Å²) in [6, 6.07) is 15.3. The maximum absolute atomic E-state index is 13.0. The molecule has 0 saturated carbocycles. The fraction of sp³-hybridized carbons (Fsp3) is 0.345. The van der Waals surface area contributed by atoms with Gasteiger partial charge in [0.1, 0.15) is 11.6 Å². The van der Waals surface area contributed by atoms with Crippen molar-refractivity contribution in [2.75, 3.05) is 13.1 Å².